The summed E-state index contributed by atoms with van der Waals surface area (Å²) < 4.78 is 10.7. The first-order valence-corrected chi connectivity index (χ1v) is 9.92. The third-order valence-corrected chi connectivity index (χ3v) is 4.09. The van der Waals surface area contributed by atoms with Crippen LogP contribution in [0.3, 0.4) is 0 Å². The largest absolute Gasteiger partial charge is 0.394 e. The molecule has 1 saturated heterocycles. The van der Waals surface area contributed by atoms with E-state index in [1.54, 1.807) is 0 Å². The average molecular weight is 378 g/mol. The molecule has 7 heteroatoms. The topological polar surface area (TPSA) is 108 Å². The molecule has 7 nitrogen and oxygen atoms in total. The molecule has 0 saturated carbocycles. The van der Waals surface area contributed by atoms with E-state index in [0.29, 0.717) is 6.54 Å². The fourth-order valence-electron chi connectivity index (χ4n) is 2.53. The van der Waals surface area contributed by atoms with Gasteiger partial charge in [-0.05, 0) is 6.42 Å². The minimum absolute atomic E-state index is 0.00142. The molecule has 0 aromatic heterocycles. The molecule has 26 heavy (non-hydrogen) atoms. The zero-order valence-corrected chi connectivity index (χ0v) is 16.8. The van der Waals surface area contributed by atoms with E-state index >= 15 is 0 Å². The number of hydrogen-bond donors (Lipinski definition) is 4. The third-order valence-electron chi connectivity index (χ3n) is 4.09. The number of unbranched alkanes of at least 4 members (excludes halogenated alkanes) is 2. The molecular weight excluding hydrogens is 338 g/mol. The summed E-state index contributed by atoms with van der Waals surface area (Å²) in [5.41, 5.74) is 0. The number of rotatable bonds is 10. The molecule has 1 fully saturated rings. The van der Waals surface area contributed by atoms with Gasteiger partial charge in [0.15, 0.2) is 6.29 Å². The van der Waals surface area contributed by atoms with Gasteiger partial charge in [-0.15, -0.1) is 0 Å². The monoisotopic (exact) mass is 377 g/mol. The fourth-order valence-corrected chi connectivity index (χ4v) is 2.53. The summed E-state index contributed by atoms with van der Waals surface area (Å²) in [6.45, 7) is 8.48. The van der Waals surface area contributed by atoms with E-state index in [0.717, 1.165) is 25.7 Å². The zero-order chi connectivity index (χ0) is 19.9. The smallest absolute Gasteiger partial charge is 0.222 e. The van der Waals surface area contributed by atoms with Gasteiger partial charge in [-0.2, -0.15) is 0 Å². The fraction of sp³-hybridized carbons (Fsp3) is 0.947. The van der Waals surface area contributed by atoms with Crippen LogP contribution in [0.2, 0.25) is 0 Å². The first-order valence-electron chi connectivity index (χ1n) is 9.92. The molecule has 0 aromatic carbocycles. The minimum atomic E-state index is -0.948. The molecule has 0 aromatic rings. The first-order chi connectivity index (χ1) is 12.4. The number of aliphatic hydroxyl groups is 3. The van der Waals surface area contributed by atoms with E-state index in [2.05, 4.69) is 26.1 Å². The number of nitrogens with one attached hydrogen (secondary N) is 1. The van der Waals surface area contributed by atoms with E-state index in [4.69, 9.17) is 14.6 Å². The average Bonchev–Trinajstić information content (AvgIpc) is 2.60. The van der Waals surface area contributed by atoms with Crippen molar-refractivity contribution in [1.29, 1.82) is 0 Å². The Bertz CT molecular complexity index is 355. The first kappa shape index (κ1) is 25.3. The van der Waals surface area contributed by atoms with Crippen LogP contribution in [0.4, 0.5) is 0 Å². The second-order valence-electron chi connectivity index (χ2n) is 6.86. The maximum Gasteiger partial charge on any atom is 0.222 e. The van der Waals surface area contributed by atoms with Gasteiger partial charge >= 0.3 is 0 Å². The van der Waals surface area contributed by atoms with Crippen LogP contribution in [0.1, 0.15) is 66.2 Å². The maximum absolute atomic E-state index is 11.9. The Morgan fingerprint density at radius 1 is 1.23 bits per heavy atom. The van der Waals surface area contributed by atoms with Crippen LogP contribution in [-0.4, -0.2) is 65.6 Å². The van der Waals surface area contributed by atoms with Crippen molar-refractivity contribution < 1.29 is 29.6 Å². The van der Waals surface area contributed by atoms with Crippen molar-refractivity contribution in [3.05, 3.63) is 0 Å². The van der Waals surface area contributed by atoms with Gasteiger partial charge in [-0.3, -0.25) is 4.79 Å². The van der Waals surface area contributed by atoms with Crippen molar-refractivity contribution in [3.63, 3.8) is 0 Å². The predicted octanol–water partition coefficient (Wildman–Crippen LogP) is 1.58. The summed E-state index contributed by atoms with van der Waals surface area (Å²) in [5, 5.41) is 31.3. The molecule has 0 aliphatic carbocycles. The molecule has 0 spiro atoms. The number of ether oxygens (including phenoxy) is 2. The van der Waals surface area contributed by atoms with E-state index in [9.17, 15) is 15.0 Å². The minimum Gasteiger partial charge on any atom is -0.394 e. The second kappa shape index (κ2) is 15.3. The molecule has 0 bridgehead atoms. The molecule has 4 N–H and O–H groups in total. The maximum atomic E-state index is 11.9. The molecule has 0 radical (unpaired) electrons. The molecule has 1 aliphatic rings. The molecule has 1 aliphatic heterocycles. The predicted molar refractivity (Wildman–Crippen MR) is 101 cm³/mol. The molecule has 1 heterocycles. The molecule has 1 amide bonds. The molecule has 156 valence electrons. The summed E-state index contributed by atoms with van der Waals surface area (Å²) >= 11 is 0. The number of amides is 1. The van der Waals surface area contributed by atoms with Crippen LogP contribution in [0, 0.1) is 5.92 Å². The Morgan fingerprint density at radius 2 is 1.88 bits per heavy atom. The normalized spacial score (nSPS) is 26.6. The number of hydrogen-bond acceptors (Lipinski definition) is 6. The third kappa shape index (κ3) is 10.4. The van der Waals surface area contributed by atoms with E-state index in [1.807, 2.05) is 6.92 Å². The Balaban J connectivity index is 0.00000194. The van der Waals surface area contributed by atoms with Crippen molar-refractivity contribution in [3.8, 4) is 0 Å². The Hall–Kier alpha value is -0.730. The van der Waals surface area contributed by atoms with Gasteiger partial charge < -0.3 is 30.1 Å². The molecule has 2 unspecified atom stereocenters. The molecule has 1 rings (SSSR count). The summed E-state index contributed by atoms with van der Waals surface area (Å²) in [7, 11) is 0. The van der Waals surface area contributed by atoms with Crippen LogP contribution >= 0.6 is 0 Å². The lowest BCUT2D eigenvalue weighted by atomic mass is 10.0. The number of carbonyl (C=O) groups excluding carboxylic acids is 1. The van der Waals surface area contributed by atoms with Gasteiger partial charge in [-0.25, -0.2) is 0 Å². The van der Waals surface area contributed by atoms with Crippen molar-refractivity contribution >= 4 is 5.91 Å². The highest BCUT2D eigenvalue weighted by Crippen LogP contribution is 2.20. The summed E-state index contributed by atoms with van der Waals surface area (Å²) in [6, 6.07) is 0. The highest BCUT2D eigenvalue weighted by atomic mass is 16.7. The lowest BCUT2D eigenvalue weighted by molar-refractivity contribution is -0.269. The highest BCUT2D eigenvalue weighted by Gasteiger charge is 2.36. The summed E-state index contributed by atoms with van der Waals surface area (Å²) in [5.74, 6) is -0.0227. The van der Waals surface area contributed by atoms with E-state index in [-0.39, 0.29) is 31.5 Å². The van der Waals surface area contributed by atoms with Gasteiger partial charge in [0.25, 0.3) is 0 Å². The van der Waals surface area contributed by atoms with Crippen LogP contribution in [-0.2, 0) is 14.3 Å². The van der Waals surface area contributed by atoms with Gasteiger partial charge in [-0.1, -0.05) is 53.4 Å². The van der Waals surface area contributed by atoms with Crippen LogP contribution < -0.4 is 5.32 Å². The van der Waals surface area contributed by atoms with Crippen molar-refractivity contribution in [1.82, 2.24) is 5.32 Å². The van der Waals surface area contributed by atoms with E-state index in [1.165, 1.54) is 6.42 Å². The number of aliphatic hydroxyl groups excluding tert-OH is 3. The van der Waals surface area contributed by atoms with Crippen molar-refractivity contribution in [2.75, 3.05) is 19.8 Å². The van der Waals surface area contributed by atoms with E-state index < -0.39 is 24.6 Å². The Kier molecular flexibility index (Phi) is 14.9. The quantitative estimate of drug-likeness (QED) is 0.431. The van der Waals surface area contributed by atoms with Crippen LogP contribution in [0.5, 0.6) is 0 Å². The van der Waals surface area contributed by atoms with Crippen LogP contribution in [0.25, 0.3) is 0 Å². The molecular formula is C19H39NO6. The molecule has 5 atom stereocenters. The van der Waals surface area contributed by atoms with Gasteiger partial charge in [0.05, 0.1) is 19.3 Å². The zero-order valence-electron chi connectivity index (χ0n) is 16.8. The van der Waals surface area contributed by atoms with Crippen LogP contribution in [0.15, 0.2) is 0 Å². The van der Waals surface area contributed by atoms with Gasteiger partial charge in [0.2, 0.25) is 5.91 Å². The van der Waals surface area contributed by atoms with Gasteiger partial charge in [0, 0.05) is 18.9 Å². The van der Waals surface area contributed by atoms with Crippen molar-refractivity contribution in [2.24, 2.45) is 5.92 Å². The Labute approximate surface area is 158 Å². The highest BCUT2D eigenvalue weighted by molar-refractivity contribution is 5.78. The number of carbonyl (C=O) groups is 1. The lowest BCUT2D eigenvalue weighted by Crippen LogP contribution is -2.50. The van der Waals surface area contributed by atoms with Crippen molar-refractivity contribution in [2.45, 2.75) is 90.8 Å². The van der Waals surface area contributed by atoms with Gasteiger partial charge in [0.1, 0.15) is 12.2 Å². The standard InChI is InChI=1S/C16H31NO6.C3H8/c1-3-4-5-6-11(2)15(21)17-7-8-22-16-13(20)9-12(19)14(10-18)23-16;1-3-2/h11-14,16,18-20H,3-10H2,1-2H3,(H,17,21);3H2,1-2H3/t11-,12-,13?,14?,16-;/m0./s1. The lowest BCUT2D eigenvalue weighted by Gasteiger charge is -2.36. The summed E-state index contributed by atoms with van der Waals surface area (Å²) in [6.07, 6.45) is 2.04. The summed E-state index contributed by atoms with van der Waals surface area (Å²) in [4.78, 5) is 11.9. The second-order valence-corrected chi connectivity index (χ2v) is 6.86. The SMILES string of the molecule is CCC.CCCCC[C@H](C)C(=O)NCCO[C@H]1OC(CO)[C@@H](O)CC1O. The Morgan fingerprint density at radius 3 is 2.46 bits per heavy atom.